The molecule has 0 aliphatic carbocycles. The van der Waals surface area contributed by atoms with Crippen LogP contribution in [0.25, 0.3) is 0 Å². The lowest BCUT2D eigenvalue weighted by molar-refractivity contribution is 0.102. The highest BCUT2D eigenvalue weighted by atomic mass is 127. The van der Waals surface area contributed by atoms with Crippen LogP contribution in [0.2, 0.25) is 0 Å². The summed E-state index contributed by atoms with van der Waals surface area (Å²) in [5, 5.41) is 2.74. The second-order valence-corrected chi connectivity index (χ2v) is 4.92. The molecule has 1 N–H and O–H groups in total. The fourth-order valence-electron chi connectivity index (χ4n) is 1.52. The lowest BCUT2D eigenvalue weighted by Gasteiger charge is -2.08. The molecule has 18 heavy (non-hydrogen) atoms. The number of carbonyl (C=O) groups excluding carboxylic acids is 2. The first kappa shape index (κ1) is 12.8. The van der Waals surface area contributed by atoms with E-state index < -0.39 is 0 Å². The molecule has 2 aromatic carbocycles. The number of halogens is 1. The van der Waals surface area contributed by atoms with Crippen LogP contribution in [-0.2, 0) is 0 Å². The van der Waals surface area contributed by atoms with Gasteiger partial charge in [0.15, 0.2) is 6.29 Å². The van der Waals surface area contributed by atoms with Crippen molar-refractivity contribution in [3.05, 3.63) is 63.2 Å². The van der Waals surface area contributed by atoms with Crippen molar-refractivity contribution >= 4 is 40.5 Å². The minimum atomic E-state index is -0.222. The number of amides is 1. The number of hydrogen-bond acceptors (Lipinski definition) is 2. The molecule has 0 radical (unpaired) electrons. The maximum absolute atomic E-state index is 12.0. The summed E-state index contributed by atoms with van der Waals surface area (Å²) < 4.78 is 0.960. The van der Waals surface area contributed by atoms with E-state index in [4.69, 9.17) is 0 Å². The molecule has 0 bridgehead atoms. The Labute approximate surface area is 118 Å². The number of hydrogen-bond donors (Lipinski definition) is 1. The van der Waals surface area contributed by atoms with Gasteiger partial charge in [-0.3, -0.25) is 9.59 Å². The van der Waals surface area contributed by atoms with Crippen LogP contribution in [0, 0.1) is 3.57 Å². The van der Waals surface area contributed by atoms with Crippen LogP contribution in [0.4, 0.5) is 5.69 Å². The SMILES string of the molecule is O=Cc1ccc(I)cc1NC(=O)c1ccccc1. The topological polar surface area (TPSA) is 46.2 Å². The molecule has 4 heteroatoms. The van der Waals surface area contributed by atoms with Crippen molar-refractivity contribution in [2.45, 2.75) is 0 Å². The molecule has 0 fully saturated rings. The van der Waals surface area contributed by atoms with E-state index in [1.54, 1.807) is 36.4 Å². The predicted molar refractivity (Wildman–Crippen MR) is 78.9 cm³/mol. The zero-order valence-electron chi connectivity index (χ0n) is 9.39. The molecule has 0 spiro atoms. The average molecular weight is 351 g/mol. The normalized spacial score (nSPS) is 9.83. The van der Waals surface area contributed by atoms with E-state index in [9.17, 15) is 9.59 Å². The molecular formula is C14H10INO2. The van der Waals surface area contributed by atoms with Gasteiger partial charge in [0.25, 0.3) is 5.91 Å². The van der Waals surface area contributed by atoms with Gasteiger partial charge in [0.2, 0.25) is 0 Å². The summed E-state index contributed by atoms with van der Waals surface area (Å²) >= 11 is 2.13. The van der Waals surface area contributed by atoms with E-state index in [1.807, 2.05) is 12.1 Å². The molecule has 3 nitrogen and oxygen atoms in total. The standard InChI is InChI=1S/C14H10INO2/c15-12-7-6-11(9-17)13(8-12)16-14(18)10-4-2-1-3-5-10/h1-9H,(H,16,18). The van der Waals surface area contributed by atoms with Gasteiger partial charge in [0.05, 0.1) is 5.69 Å². The second-order valence-electron chi connectivity index (χ2n) is 3.67. The Morgan fingerprint density at radius 1 is 1.11 bits per heavy atom. The first-order valence-corrected chi connectivity index (χ1v) is 6.39. The lowest BCUT2D eigenvalue weighted by atomic mass is 10.1. The summed E-state index contributed by atoms with van der Waals surface area (Å²) in [7, 11) is 0. The van der Waals surface area contributed by atoms with Gasteiger partial charge in [-0.05, 0) is 52.9 Å². The van der Waals surface area contributed by atoms with E-state index in [0.29, 0.717) is 16.8 Å². The smallest absolute Gasteiger partial charge is 0.255 e. The molecule has 2 rings (SSSR count). The van der Waals surface area contributed by atoms with E-state index in [0.717, 1.165) is 9.86 Å². The van der Waals surface area contributed by atoms with Crippen molar-refractivity contribution in [1.82, 2.24) is 0 Å². The molecule has 0 aromatic heterocycles. The van der Waals surface area contributed by atoms with Gasteiger partial charge >= 0.3 is 0 Å². The van der Waals surface area contributed by atoms with Gasteiger partial charge in [-0.15, -0.1) is 0 Å². The molecule has 0 aliphatic heterocycles. The molecule has 0 heterocycles. The van der Waals surface area contributed by atoms with Crippen LogP contribution in [0.3, 0.4) is 0 Å². The Morgan fingerprint density at radius 2 is 1.83 bits per heavy atom. The van der Waals surface area contributed by atoms with Gasteiger partial charge < -0.3 is 5.32 Å². The van der Waals surface area contributed by atoms with Crippen LogP contribution >= 0.6 is 22.6 Å². The van der Waals surface area contributed by atoms with Crippen molar-refractivity contribution in [2.75, 3.05) is 5.32 Å². The quantitative estimate of drug-likeness (QED) is 0.681. The van der Waals surface area contributed by atoms with Crippen LogP contribution in [0.5, 0.6) is 0 Å². The predicted octanol–water partition coefficient (Wildman–Crippen LogP) is 3.36. The highest BCUT2D eigenvalue weighted by Gasteiger charge is 2.08. The Hall–Kier alpha value is -1.69. The van der Waals surface area contributed by atoms with Crippen LogP contribution in [0.1, 0.15) is 20.7 Å². The van der Waals surface area contributed by atoms with Crippen molar-refractivity contribution < 1.29 is 9.59 Å². The van der Waals surface area contributed by atoms with Crippen molar-refractivity contribution in [2.24, 2.45) is 0 Å². The van der Waals surface area contributed by atoms with Gasteiger partial charge in [0.1, 0.15) is 0 Å². The first-order chi connectivity index (χ1) is 8.70. The summed E-state index contributed by atoms with van der Waals surface area (Å²) in [6.45, 7) is 0. The molecule has 0 unspecified atom stereocenters. The number of carbonyl (C=O) groups is 2. The molecule has 0 atom stereocenters. The second kappa shape index (κ2) is 5.77. The molecule has 1 amide bonds. The fourth-order valence-corrected chi connectivity index (χ4v) is 2.01. The summed E-state index contributed by atoms with van der Waals surface area (Å²) in [4.78, 5) is 22.9. The van der Waals surface area contributed by atoms with Crippen molar-refractivity contribution in [3.63, 3.8) is 0 Å². The average Bonchev–Trinajstić information content (AvgIpc) is 2.40. The maximum Gasteiger partial charge on any atom is 0.255 e. The molecule has 2 aromatic rings. The van der Waals surface area contributed by atoms with E-state index in [1.165, 1.54) is 0 Å². The molecular weight excluding hydrogens is 341 g/mol. The fraction of sp³-hybridized carbons (Fsp3) is 0. The maximum atomic E-state index is 12.0. The van der Waals surface area contributed by atoms with Gasteiger partial charge in [-0.25, -0.2) is 0 Å². The number of anilines is 1. The van der Waals surface area contributed by atoms with E-state index in [2.05, 4.69) is 27.9 Å². The Morgan fingerprint density at radius 3 is 2.50 bits per heavy atom. The molecule has 0 saturated heterocycles. The number of aldehydes is 1. The minimum Gasteiger partial charge on any atom is -0.321 e. The Balaban J connectivity index is 2.27. The Kier molecular flexibility index (Phi) is 4.09. The monoisotopic (exact) mass is 351 g/mol. The lowest BCUT2D eigenvalue weighted by Crippen LogP contribution is -2.13. The van der Waals surface area contributed by atoms with E-state index in [-0.39, 0.29) is 5.91 Å². The van der Waals surface area contributed by atoms with Crippen LogP contribution in [0.15, 0.2) is 48.5 Å². The van der Waals surface area contributed by atoms with Gasteiger partial charge in [-0.1, -0.05) is 18.2 Å². The van der Waals surface area contributed by atoms with Crippen LogP contribution in [-0.4, -0.2) is 12.2 Å². The number of nitrogens with one attached hydrogen (secondary N) is 1. The zero-order valence-corrected chi connectivity index (χ0v) is 11.5. The summed E-state index contributed by atoms with van der Waals surface area (Å²) in [6, 6.07) is 14.2. The number of benzene rings is 2. The third kappa shape index (κ3) is 2.95. The van der Waals surface area contributed by atoms with Gasteiger partial charge in [-0.2, -0.15) is 0 Å². The van der Waals surface area contributed by atoms with Gasteiger partial charge in [0, 0.05) is 14.7 Å². The third-order valence-corrected chi connectivity index (χ3v) is 3.10. The van der Waals surface area contributed by atoms with Crippen LogP contribution < -0.4 is 5.32 Å². The molecule has 0 saturated carbocycles. The number of rotatable bonds is 3. The minimum absolute atomic E-state index is 0.222. The summed E-state index contributed by atoms with van der Waals surface area (Å²) in [5.74, 6) is -0.222. The largest absolute Gasteiger partial charge is 0.321 e. The molecule has 90 valence electrons. The highest BCUT2D eigenvalue weighted by molar-refractivity contribution is 14.1. The molecule has 0 aliphatic rings. The zero-order chi connectivity index (χ0) is 13.0. The highest BCUT2D eigenvalue weighted by Crippen LogP contribution is 2.18. The summed E-state index contributed by atoms with van der Waals surface area (Å²) in [6.07, 6.45) is 0.733. The van der Waals surface area contributed by atoms with Crippen molar-refractivity contribution in [1.29, 1.82) is 0 Å². The summed E-state index contributed by atoms with van der Waals surface area (Å²) in [5.41, 5.74) is 1.57. The first-order valence-electron chi connectivity index (χ1n) is 5.32. The van der Waals surface area contributed by atoms with Crippen molar-refractivity contribution in [3.8, 4) is 0 Å². The van der Waals surface area contributed by atoms with E-state index >= 15 is 0 Å². The third-order valence-electron chi connectivity index (χ3n) is 2.43. The Bertz CT molecular complexity index is 582.